The predicted octanol–water partition coefficient (Wildman–Crippen LogP) is 2.51. The quantitative estimate of drug-likeness (QED) is 0.638. The lowest BCUT2D eigenvalue weighted by Gasteiger charge is -2.26. The Kier molecular flexibility index (Phi) is 4.12. The molecule has 1 aliphatic carbocycles. The van der Waals surface area contributed by atoms with E-state index in [9.17, 15) is 4.79 Å². The van der Waals surface area contributed by atoms with Crippen molar-refractivity contribution in [3.8, 4) is 0 Å². The number of hydrogen-bond acceptors (Lipinski definition) is 5. The topological polar surface area (TPSA) is 52.3 Å². The van der Waals surface area contributed by atoms with Crippen LogP contribution in [0.4, 0.5) is 0 Å². The van der Waals surface area contributed by atoms with Gasteiger partial charge in [0.25, 0.3) is 0 Å². The number of esters is 1. The molecule has 1 aliphatic rings. The molecular weight excluding hydrogens is 254 g/mol. The molecule has 0 saturated heterocycles. The fourth-order valence-electron chi connectivity index (χ4n) is 1.74. The molecule has 1 fully saturated rings. The number of rotatable bonds is 6. The number of nitrogens with two attached hydrogens (primary N) is 1. The number of thioether (sulfide) groups is 1. The van der Waals surface area contributed by atoms with Gasteiger partial charge in [0.15, 0.2) is 0 Å². The zero-order valence-corrected chi connectivity index (χ0v) is 11.5. The molecule has 2 rings (SSSR count). The van der Waals surface area contributed by atoms with E-state index in [2.05, 4.69) is 0 Å². The van der Waals surface area contributed by atoms with Gasteiger partial charge >= 0.3 is 5.97 Å². The molecule has 1 aromatic heterocycles. The largest absolute Gasteiger partial charge is 0.465 e. The molecule has 0 aromatic carbocycles. The zero-order valence-electron chi connectivity index (χ0n) is 9.85. The summed E-state index contributed by atoms with van der Waals surface area (Å²) < 4.78 is 6.30. The van der Waals surface area contributed by atoms with Gasteiger partial charge in [-0.25, -0.2) is 0 Å². The first-order valence-electron chi connectivity index (χ1n) is 5.79. The van der Waals surface area contributed by atoms with E-state index in [-0.39, 0.29) is 5.97 Å². The predicted molar refractivity (Wildman–Crippen MR) is 71.3 cm³/mol. The van der Waals surface area contributed by atoms with Gasteiger partial charge in [-0.1, -0.05) is 6.07 Å². The summed E-state index contributed by atoms with van der Waals surface area (Å²) in [7, 11) is 0. The fourth-order valence-corrected chi connectivity index (χ4v) is 3.72. The van der Waals surface area contributed by atoms with E-state index in [1.54, 1.807) is 23.1 Å². The standard InChI is InChI=1S/C12H17NO2S2/c1-2-15-11(14)12(13,9-5-6-9)8-17-10-4-3-7-16-10/h3-4,7,9H,2,5-6,8,13H2,1H3. The smallest absolute Gasteiger partial charge is 0.327 e. The Morgan fingerprint density at radius 2 is 2.47 bits per heavy atom. The minimum absolute atomic E-state index is 0.244. The second-order valence-corrected chi connectivity index (χ2v) is 6.48. The van der Waals surface area contributed by atoms with Crippen LogP contribution in [0, 0.1) is 5.92 Å². The van der Waals surface area contributed by atoms with Gasteiger partial charge in [-0.3, -0.25) is 4.79 Å². The summed E-state index contributed by atoms with van der Waals surface area (Å²) in [6.07, 6.45) is 2.08. The average molecular weight is 271 g/mol. The van der Waals surface area contributed by atoms with Crippen molar-refractivity contribution in [3.05, 3.63) is 17.5 Å². The Hall–Kier alpha value is -0.520. The van der Waals surface area contributed by atoms with E-state index < -0.39 is 5.54 Å². The van der Waals surface area contributed by atoms with E-state index in [4.69, 9.17) is 10.5 Å². The van der Waals surface area contributed by atoms with Crippen molar-refractivity contribution in [1.29, 1.82) is 0 Å². The molecule has 0 aliphatic heterocycles. The van der Waals surface area contributed by atoms with Gasteiger partial charge < -0.3 is 10.5 Å². The Morgan fingerprint density at radius 3 is 3.00 bits per heavy atom. The minimum atomic E-state index is -0.801. The molecule has 1 atom stereocenters. The summed E-state index contributed by atoms with van der Waals surface area (Å²) in [5.41, 5.74) is 5.46. The van der Waals surface area contributed by atoms with E-state index in [0.29, 0.717) is 18.3 Å². The van der Waals surface area contributed by atoms with Crippen LogP contribution in [0.2, 0.25) is 0 Å². The number of thiophene rings is 1. The molecule has 1 unspecified atom stereocenters. The Morgan fingerprint density at radius 1 is 1.71 bits per heavy atom. The van der Waals surface area contributed by atoms with Gasteiger partial charge in [-0.05, 0) is 37.1 Å². The monoisotopic (exact) mass is 271 g/mol. The molecular formula is C12H17NO2S2. The highest BCUT2D eigenvalue weighted by Crippen LogP contribution is 2.42. The lowest BCUT2D eigenvalue weighted by molar-refractivity contribution is -0.149. The summed E-state index contributed by atoms with van der Waals surface area (Å²) in [6.45, 7) is 2.21. The summed E-state index contributed by atoms with van der Waals surface area (Å²) >= 11 is 3.33. The maximum absolute atomic E-state index is 11.9. The van der Waals surface area contributed by atoms with Crippen LogP contribution < -0.4 is 5.73 Å². The van der Waals surface area contributed by atoms with Crippen molar-refractivity contribution in [2.75, 3.05) is 12.4 Å². The third-order valence-electron chi connectivity index (χ3n) is 2.91. The molecule has 5 heteroatoms. The number of carbonyl (C=O) groups excluding carboxylic acids is 1. The molecule has 94 valence electrons. The molecule has 0 spiro atoms. The van der Waals surface area contributed by atoms with E-state index in [0.717, 1.165) is 12.8 Å². The van der Waals surface area contributed by atoms with Gasteiger partial charge in [0.05, 0.1) is 10.8 Å². The highest BCUT2D eigenvalue weighted by Gasteiger charge is 2.49. The molecule has 0 radical (unpaired) electrons. The number of hydrogen-bond donors (Lipinski definition) is 1. The zero-order chi connectivity index (χ0) is 12.3. The third kappa shape index (κ3) is 3.03. The van der Waals surface area contributed by atoms with Crippen LogP contribution in [0.3, 0.4) is 0 Å². The van der Waals surface area contributed by atoms with Crippen molar-refractivity contribution < 1.29 is 9.53 Å². The molecule has 1 heterocycles. The SMILES string of the molecule is CCOC(=O)C(N)(CSc1cccs1)C1CC1. The maximum atomic E-state index is 11.9. The lowest BCUT2D eigenvalue weighted by atomic mass is 9.97. The van der Waals surface area contributed by atoms with Gasteiger partial charge in [0.2, 0.25) is 0 Å². The van der Waals surface area contributed by atoms with Gasteiger partial charge in [-0.15, -0.1) is 23.1 Å². The van der Waals surface area contributed by atoms with Gasteiger partial charge in [0, 0.05) is 5.75 Å². The minimum Gasteiger partial charge on any atom is -0.465 e. The first-order chi connectivity index (χ1) is 8.16. The Labute approximate surface area is 110 Å². The van der Waals surface area contributed by atoms with E-state index >= 15 is 0 Å². The molecule has 1 saturated carbocycles. The van der Waals surface area contributed by atoms with E-state index in [1.165, 1.54) is 4.21 Å². The van der Waals surface area contributed by atoms with E-state index in [1.807, 2.05) is 24.4 Å². The average Bonchev–Trinajstić information content (AvgIpc) is 3.05. The van der Waals surface area contributed by atoms with Gasteiger partial charge in [0.1, 0.15) is 5.54 Å². The normalized spacial score (nSPS) is 18.7. The summed E-state index contributed by atoms with van der Waals surface area (Å²) in [4.78, 5) is 11.9. The summed E-state index contributed by atoms with van der Waals surface area (Å²) in [5, 5.41) is 2.03. The van der Waals surface area contributed by atoms with Crippen LogP contribution in [0.1, 0.15) is 19.8 Å². The Balaban J connectivity index is 1.98. The van der Waals surface area contributed by atoms with Crippen molar-refractivity contribution >= 4 is 29.1 Å². The molecule has 0 bridgehead atoms. The highest BCUT2D eigenvalue weighted by molar-refractivity contribution is 8.01. The van der Waals surface area contributed by atoms with Crippen LogP contribution in [-0.2, 0) is 9.53 Å². The first-order valence-corrected chi connectivity index (χ1v) is 7.65. The molecule has 2 N–H and O–H groups in total. The van der Waals surface area contributed by atoms with Gasteiger partial charge in [-0.2, -0.15) is 0 Å². The van der Waals surface area contributed by atoms with Crippen LogP contribution >= 0.6 is 23.1 Å². The fraction of sp³-hybridized carbons (Fsp3) is 0.583. The lowest BCUT2D eigenvalue weighted by Crippen LogP contribution is -2.53. The van der Waals surface area contributed by atoms with Crippen LogP contribution in [0.15, 0.2) is 21.7 Å². The molecule has 17 heavy (non-hydrogen) atoms. The van der Waals surface area contributed by atoms with Crippen molar-refractivity contribution in [2.24, 2.45) is 11.7 Å². The second-order valence-electron chi connectivity index (χ2n) is 4.26. The van der Waals surface area contributed by atoms with Crippen molar-refractivity contribution in [1.82, 2.24) is 0 Å². The summed E-state index contributed by atoms with van der Waals surface area (Å²) in [6, 6.07) is 4.06. The number of ether oxygens (including phenoxy) is 1. The molecule has 3 nitrogen and oxygen atoms in total. The van der Waals surface area contributed by atoms with Crippen molar-refractivity contribution in [2.45, 2.75) is 29.5 Å². The Bertz CT molecular complexity index is 376. The highest BCUT2D eigenvalue weighted by atomic mass is 32.2. The second kappa shape index (κ2) is 5.42. The maximum Gasteiger partial charge on any atom is 0.327 e. The van der Waals surface area contributed by atoms with Crippen LogP contribution in [0.25, 0.3) is 0 Å². The van der Waals surface area contributed by atoms with Crippen LogP contribution in [0.5, 0.6) is 0 Å². The van der Waals surface area contributed by atoms with Crippen molar-refractivity contribution in [3.63, 3.8) is 0 Å². The first kappa shape index (κ1) is 12.9. The molecule has 0 amide bonds. The third-order valence-corrected chi connectivity index (χ3v) is 5.26. The van der Waals surface area contributed by atoms with Crippen LogP contribution in [-0.4, -0.2) is 23.9 Å². The molecule has 1 aromatic rings. The summed E-state index contributed by atoms with van der Waals surface area (Å²) in [5.74, 6) is 0.664. The number of carbonyl (C=O) groups is 1.